The molecule has 0 amide bonds. The molecule has 7 heteroatoms. The molecule has 0 aliphatic heterocycles. The first-order valence-electron chi connectivity index (χ1n) is 10.7. The van der Waals surface area contributed by atoms with Crippen LogP contribution in [0.5, 0.6) is 0 Å². The van der Waals surface area contributed by atoms with E-state index in [0.29, 0.717) is 12.4 Å². The van der Waals surface area contributed by atoms with Gasteiger partial charge >= 0.3 is 5.65 Å². The van der Waals surface area contributed by atoms with E-state index in [0.717, 1.165) is 51.0 Å². The molecular weight excluding hydrogens is 400 g/mol. The topological polar surface area (TPSA) is 82.6 Å². The van der Waals surface area contributed by atoms with Crippen molar-refractivity contribution >= 4 is 27.8 Å². The van der Waals surface area contributed by atoms with Crippen molar-refractivity contribution in [1.82, 2.24) is 19.1 Å². The number of aryl methyl sites for hydroxylation is 3. The van der Waals surface area contributed by atoms with E-state index in [1.54, 1.807) is 0 Å². The predicted octanol–water partition coefficient (Wildman–Crippen LogP) is 3.29. The molecule has 0 saturated heterocycles. The average molecular weight is 426 g/mol. The number of pyridine rings is 1. The van der Waals surface area contributed by atoms with Crippen LogP contribution in [0.1, 0.15) is 23.7 Å². The van der Waals surface area contributed by atoms with Gasteiger partial charge in [0, 0.05) is 0 Å². The zero-order valence-electron chi connectivity index (χ0n) is 18.4. The van der Waals surface area contributed by atoms with E-state index >= 15 is 0 Å². The number of nitrogens with two attached hydrogens (primary N) is 1. The van der Waals surface area contributed by atoms with Crippen LogP contribution in [0.25, 0.3) is 27.6 Å². The molecule has 0 fully saturated rings. The summed E-state index contributed by atoms with van der Waals surface area (Å²) < 4.78 is 5.89. The zero-order chi connectivity index (χ0) is 22.4. The Morgan fingerprint density at radius 3 is 2.59 bits per heavy atom. The van der Waals surface area contributed by atoms with Gasteiger partial charge < -0.3 is 5.73 Å². The fraction of sp³-hybridized carbons (Fsp3) is 0.200. The predicted molar refractivity (Wildman–Crippen MR) is 126 cm³/mol. The van der Waals surface area contributed by atoms with E-state index in [1.165, 1.54) is 6.33 Å². The van der Waals surface area contributed by atoms with Crippen molar-refractivity contribution in [3.8, 4) is 5.69 Å². The van der Waals surface area contributed by atoms with Crippen LogP contribution in [0.3, 0.4) is 0 Å². The van der Waals surface area contributed by atoms with Gasteiger partial charge in [0.15, 0.2) is 18.5 Å². The molecule has 5 aromatic rings. The van der Waals surface area contributed by atoms with Gasteiger partial charge in [-0.2, -0.15) is 4.98 Å². The number of imidazole rings is 1. The lowest BCUT2D eigenvalue weighted by Gasteiger charge is -2.16. The van der Waals surface area contributed by atoms with Crippen molar-refractivity contribution in [1.29, 1.82) is 0 Å². The third-order valence-corrected chi connectivity index (χ3v) is 6.03. The van der Waals surface area contributed by atoms with Crippen molar-refractivity contribution in [2.24, 2.45) is 0 Å². The molecule has 32 heavy (non-hydrogen) atoms. The Kier molecular flexibility index (Phi) is 4.74. The summed E-state index contributed by atoms with van der Waals surface area (Å²) in [5, 5.41) is 1.68. The summed E-state index contributed by atoms with van der Waals surface area (Å²) in [4.78, 5) is 22.4. The van der Waals surface area contributed by atoms with Crippen molar-refractivity contribution < 1.29 is 4.57 Å². The highest BCUT2D eigenvalue weighted by atomic mass is 16.1. The maximum Gasteiger partial charge on any atom is 0.307 e. The second-order valence-corrected chi connectivity index (χ2v) is 8.06. The molecule has 0 atom stereocenters. The summed E-state index contributed by atoms with van der Waals surface area (Å²) in [5.41, 5.74) is 11.4. The van der Waals surface area contributed by atoms with Crippen LogP contribution in [-0.2, 0) is 13.1 Å². The minimum absolute atomic E-state index is 0.0149. The SMILES string of the molecule is CCn1c[n+](Cc2cc3cccc(C)c3c(=O)n2-c2ccccc2C)c2ncnc(N)c21. The fourth-order valence-electron chi connectivity index (χ4n) is 4.46. The summed E-state index contributed by atoms with van der Waals surface area (Å²) >= 11 is 0. The van der Waals surface area contributed by atoms with Gasteiger partial charge in [-0.1, -0.05) is 41.4 Å². The summed E-state index contributed by atoms with van der Waals surface area (Å²) in [6.07, 6.45) is 3.47. The number of nitrogens with zero attached hydrogens (tertiary/aromatic N) is 5. The zero-order valence-corrected chi connectivity index (χ0v) is 18.4. The van der Waals surface area contributed by atoms with Gasteiger partial charge in [0.1, 0.15) is 6.54 Å². The lowest BCUT2D eigenvalue weighted by Crippen LogP contribution is -2.37. The molecule has 0 aliphatic rings. The van der Waals surface area contributed by atoms with Crippen LogP contribution >= 0.6 is 0 Å². The molecule has 0 unspecified atom stereocenters. The number of aromatic nitrogens is 5. The Morgan fingerprint density at radius 1 is 1.03 bits per heavy atom. The molecule has 0 spiro atoms. The van der Waals surface area contributed by atoms with Crippen LogP contribution in [0.15, 0.2) is 66.0 Å². The molecule has 2 N–H and O–H groups in total. The van der Waals surface area contributed by atoms with Crippen LogP contribution in [-0.4, -0.2) is 19.1 Å². The Bertz CT molecular complexity index is 1550. The highest BCUT2D eigenvalue weighted by Crippen LogP contribution is 2.21. The molecule has 160 valence electrons. The van der Waals surface area contributed by atoms with E-state index in [4.69, 9.17) is 5.73 Å². The monoisotopic (exact) mass is 425 g/mol. The van der Waals surface area contributed by atoms with Crippen LogP contribution in [0, 0.1) is 13.8 Å². The van der Waals surface area contributed by atoms with Gasteiger partial charge in [-0.25, -0.2) is 4.57 Å². The summed E-state index contributed by atoms with van der Waals surface area (Å²) in [7, 11) is 0. The van der Waals surface area contributed by atoms with Crippen molar-refractivity contribution in [3.05, 3.63) is 88.4 Å². The lowest BCUT2D eigenvalue weighted by atomic mass is 10.1. The number of rotatable bonds is 4. The number of para-hydroxylation sites is 1. The smallest absolute Gasteiger partial charge is 0.307 e. The van der Waals surface area contributed by atoms with Gasteiger partial charge in [0.05, 0.1) is 23.3 Å². The van der Waals surface area contributed by atoms with E-state index in [2.05, 4.69) is 23.0 Å². The normalized spacial score (nSPS) is 11.5. The highest BCUT2D eigenvalue weighted by molar-refractivity contribution is 5.85. The molecule has 5 rings (SSSR count). The quantitative estimate of drug-likeness (QED) is 0.448. The van der Waals surface area contributed by atoms with Gasteiger partial charge in [0.2, 0.25) is 5.52 Å². The van der Waals surface area contributed by atoms with E-state index in [1.807, 2.05) is 76.3 Å². The van der Waals surface area contributed by atoms with Gasteiger partial charge in [0.25, 0.3) is 5.56 Å². The molecule has 3 aromatic heterocycles. The Labute approximate surface area is 185 Å². The lowest BCUT2D eigenvalue weighted by molar-refractivity contribution is -0.665. The summed E-state index contributed by atoms with van der Waals surface area (Å²) in [6.45, 7) is 7.26. The third-order valence-electron chi connectivity index (χ3n) is 6.03. The first-order chi connectivity index (χ1) is 15.5. The molecule has 7 nitrogen and oxygen atoms in total. The van der Waals surface area contributed by atoms with Crippen LogP contribution in [0.4, 0.5) is 5.82 Å². The number of hydrogen-bond acceptors (Lipinski definition) is 4. The largest absolute Gasteiger partial charge is 0.380 e. The minimum atomic E-state index is -0.0149. The maximum atomic E-state index is 13.8. The second-order valence-electron chi connectivity index (χ2n) is 8.06. The Hall–Kier alpha value is -4.00. The van der Waals surface area contributed by atoms with Crippen molar-refractivity contribution in [2.45, 2.75) is 33.9 Å². The molecule has 0 saturated carbocycles. The highest BCUT2D eigenvalue weighted by Gasteiger charge is 2.22. The average Bonchev–Trinajstić information content (AvgIpc) is 3.14. The van der Waals surface area contributed by atoms with Crippen molar-refractivity contribution in [3.63, 3.8) is 0 Å². The molecule has 0 radical (unpaired) electrons. The van der Waals surface area contributed by atoms with Crippen LogP contribution in [0.2, 0.25) is 0 Å². The molecule has 2 aromatic carbocycles. The summed E-state index contributed by atoms with van der Waals surface area (Å²) in [6, 6.07) is 16.0. The fourth-order valence-corrected chi connectivity index (χ4v) is 4.46. The molecule has 0 aliphatic carbocycles. The summed E-state index contributed by atoms with van der Waals surface area (Å²) in [5.74, 6) is 0.445. The number of anilines is 1. The first kappa shape index (κ1) is 19.9. The van der Waals surface area contributed by atoms with E-state index in [-0.39, 0.29) is 5.56 Å². The van der Waals surface area contributed by atoms with E-state index < -0.39 is 0 Å². The minimum Gasteiger partial charge on any atom is -0.380 e. The van der Waals surface area contributed by atoms with Gasteiger partial charge in [-0.3, -0.25) is 13.9 Å². The first-order valence-corrected chi connectivity index (χ1v) is 10.7. The maximum absolute atomic E-state index is 13.8. The van der Waals surface area contributed by atoms with Crippen molar-refractivity contribution in [2.75, 3.05) is 5.73 Å². The number of benzene rings is 2. The molecule has 0 bridgehead atoms. The second kappa shape index (κ2) is 7.60. The standard InChI is InChI=1S/C25H25N6O/c1-4-29-15-30(24-22(29)23(26)27-14-28-24)13-19-12-18-10-7-9-17(3)21(18)25(32)31(19)20-11-6-5-8-16(20)2/h5-12,14-15H,4,13H2,1-3H3,(H2,26,27,28)/q+1. The number of hydrogen-bond donors (Lipinski definition) is 1. The number of fused-ring (bicyclic) bond motifs is 2. The van der Waals surface area contributed by atoms with Crippen LogP contribution < -0.4 is 15.9 Å². The molecular formula is C25H25N6O+. The van der Waals surface area contributed by atoms with Gasteiger partial charge in [-0.15, -0.1) is 0 Å². The van der Waals surface area contributed by atoms with E-state index in [9.17, 15) is 4.79 Å². The Morgan fingerprint density at radius 2 is 1.81 bits per heavy atom. The Balaban J connectivity index is 1.81. The number of nitrogen functional groups attached to an aromatic ring is 1. The van der Waals surface area contributed by atoms with Gasteiger partial charge in [-0.05, 0) is 49.4 Å². The molecule has 3 heterocycles. The third kappa shape index (κ3) is 3.05.